The molecule has 0 aliphatic carbocycles. The fourth-order valence-electron chi connectivity index (χ4n) is 2.29. The molecule has 2 aromatic rings. The predicted octanol–water partition coefficient (Wildman–Crippen LogP) is 3.47. The number of rotatable bonds is 4. The van der Waals surface area contributed by atoms with E-state index >= 15 is 0 Å². The number of halogens is 3. The SMILES string of the molecule is Cc1ccc(C)c(CC(NN)c2cc(F)c(F)c(F)c2)c1. The van der Waals surface area contributed by atoms with Crippen LogP contribution < -0.4 is 11.3 Å². The quantitative estimate of drug-likeness (QED) is 0.515. The summed E-state index contributed by atoms with van der Waals surface area (Å²) in [5.74, 6) is 1.59. The van der Waals surface area contributed by atoms with Gasteiger partial charge in [-0.15, -0.1) is 0 Å². The van der Waals surface area contributed by atoms with E-state index in [1.807, 2.05) is 32.0 Å². The lowest BCUT2D eigenvalue weighted by molar-refractivity contribution is 0.439. The molecule has 112 valence electrons. The minimum atomic E-state index is -1.47. The summed E-state index contributed by atoms with van der Waals surface area (Å²) in [6, 6.07) is 7.39. The van der Waals surface area contributed by atoms with Gasteiger partial charge in [-0.25, -0.2) is 13.2 Å². The van der Waals surface area contributed by atoms with Crippen LogP contribution in [0.3, 0.4) is 0 Å². The van der Waals surface area contributed by atoms with Gasteiger partial charge in [0.15, 0.2) is 17.5 Å². The van der Waals surface area contributed by atoms with Crippen LogP contribution in [0.4, 0.5) is 13.2 Å². The fourth-order valence-corrected chi connectivity index (χ4v) is 2.29. The smallest absolute Gasteiger partial charge is 0.194 e. The highest BCUT2D eigenvalue weighted by Gasteiger charge is 2.17. The molecule has 0 spiro atoms. The number of nitrogens with one attached hydrogen (secondary N) is 1. The zero-order valence-corrected chi connectivity index (χ0v) is 11.9. The lowest BCUT2D eigenvalue weighted by atomic mass is 9.95. The Labute approximate surface area is 121 Å². The van der Waals surface area contributed by atoms with Crippen molar-refractivity contribution in [2.24, 2.45) is 5.84 Å². The fraction of sp³-hybridized carbons (Fsp3) is 0.250. The van der Waals surface area contributed by atoms with Crippen LogP contribution in [-0.2, 0) is 6.42 Å². The van der Waals surface area contributed by atoms with E-state index in [-0.39, 0.29) is 5.56 Å². The average Bonchev–Trinajstić information content (AvgIpc) is 2.45. The lowest BCUT2D eigenvalue weighted by Gasteiger charge is -2.18. The van der Waals surface area contributed by atoms with Gasteiger partial charge in [0.1, 0.15) is 0 Å². The Morgan fingerprint density at radius 1 is 1.05 bits per heavy atom. The van der Waals surface area contributed by atoms with Crippen molar-refractivity contribution in [1.29, 1.82) is 0 Å². The van der Waals surface area contributed by atoms with Gasteiger partial charge in [0.2, 0.25) is 0 Å². The van der Waals surface area contributed by atoms with E-state index < -0.39 is 23.5 Å². The molecule has 21 heavy (non-hydrogen) atoms. The third-order valence-corrected chi connectivity index (χ3v) is 3.54. The second-order valence-electron chi connectivity index (χ2n) is 5.15. The minimum absolute atomic E-state index is 0.273. The number of hydrogen-bond donors (Lipinski definition) is 2. The molecule has 0 radical (unpaired) electrons. The van der Waals surface area contributed by atoms with E-state index in [4.69, 9.17) is 5.84 Å². The second-order valence-corrected chi connectivity index (χ2v) is 5.15. The van der Waals surface area contributed by atoms with Crippen molar-refractivity contribution in [1.82, 2.24) is 5.43 Å². The van der Waals surface area contributed by atoms with Crippen LogP contribution in [0.5, 0.6) is 0 Å². The summed E-state index contributed by atoms with van der Waals surface area (Å²) in [6.07, 6.45) is 0.453. The number of hydrazine groups is 1. The summed E-state index contributed by atoms with van der Waals surface area (Å²) in [6.45, 7) is 3.92. The molecule has 0 saturated carbocycles. The van der Waals surface area contributed by atoms with Crippen LogP contribution in [0.1, 0.15) is 28.3 Å². The molecule has 0 amide bonds. The topological polar surface area (TPSA) is 38.0 Å². The third-order valence-electron chi connectivity index (χ3n) is 3.54. The highest BCUT2D eigenvalue weighted by atomic mass is 19.2. The molecule has 1 atom stereocenters. The van der Waals surface area contributed by atoms with Crippen LogP contribution in [0.2, 0.25) is 0 Å². The molecular weight excluding hydrogens is 277 g/mol. The summed E-state index contributed by atoms with van der Waals surface area (Å²) in [4.78, 5) is 0. The maximum Gasteiger partial charge on any atom is 0.194 e. The van der Waals surface area contributed by atoms with Crippen LogP contribution in [0, 0.1) is 31.3 Å². The number of nitrogens with two attached hydrogens (primary N) is 1. The van der Waals surface area contributed by atoms with Crippen molar-refractivity contribution in [3.05, 3.63) is 70.0 Å². The summed E-state index contributed by atoms with van der Waals surface area (Å²) < 4.78 is 39.7. The van der Waals surface area contributed by atoms with Gasteiger partial charge >= 0.3 is 0 Å². The van der Waals surface area contributed by atoms with E-state index in [0.29, 0.717) is 6.42 Å². The molecule has 5 heteroatoms. The average molecular weight is 294 g/mol. The van der Waals surface area contributed by atoms with Crippen LogP contribution in [0.25, 0.3) is 0 Å². The number of aryl methyl sites for hydroxylation is 2. The van der Waals surface area contributed by atoms with Gasteiger partial charge in [0, 0.05) is 0 Å². The van der Waals surface area contributed by atoms with Crippen LogP contribution >= 0.6 is 0 Å². The molecule has 2 nitrogen and oxygen atoms in total. The molecular formula is C16H17F3N2. The van der Waals surface area contributed by atoms with Gasteiger partial charge in [0.05, 0.1) is 6.04 Å². The summed E-state index contributed by atoms with van der Waals surface area (Å²) in [5.41, 5.74) is 5.97. The van der Waals surface area contributed by atoms with Crippen LogP contribution in [0.15, 0.2) is 30.3 Å². The highest BCUT2D eigenvalue weighted by Crippen LogP contribution is 2.24. The molecule has 0 heterocycles. The van der Waals surface area contributed by atoms with E-state index in [9.17, 15) is 13.2 Å². The number of benzene rings is 2. The first-order valence-electron chi connectivity index (χ1n) is 6.59. The van der Waals surface area contributed by atoms with E-state index in [0.717, 1.165) is 28.8 Å². The standard InChI is InChI=1S/C16H17F3N2/c1-9-3-4-10(2)11(5-9)8-15(21-20)12-6-13(17)16(19)14(18)7-12/h3-7,15,21H,8,20H2,1-2H3. The minimum Gasteiger partial charge on any atom is -0.271 e. The predicted molar refractivity (Wildman–Crippen MR) is 76.0 cm³/mol. The summed E-state index contributed by atoms with van der Waals surface area (Å²) in [7, 11) is 0. The molecule has 1 unspecified atom stereocenters. The Morgan fingerprint density at radius 2 is 1.67 bits per heavy atom. The normalized spacial score (nSPS) is 12.5. The van der Waals surface area contributed by atoms with Crippen molar-refractivity contribution in [3.63, 3.8) is 0 Å². The van der Waals surface area contributed by atoms with Gasteiger partial charge in [-0.3, -0.25) is 11.3 Å². The van der Waals surface area contributed by atoms with Crippen molar-refractivity contribution in [2.45, 2.75) is 26.3 Å². The van der Waals surface area contributed by atoms with Crippen LogP contribution in [-0.4, -0.2) is 0 Å². The maximum absolute atomic E-state index is 13.3. The Morgan fingerprint density at radius 3 is 2.24 bits per heavy atom. The zero-order valence-electron chi connectivity index (χ0n) is 11.9. The molecule has 0 saturated heterocycles. The molecule has 3 N–H and O–H groups in total. The monoisotopic (exact) mass is 294 g/mol. The van der Waals surface area contributed by atoms with Gasteiger partial charge in [-0.1, -0.05) is 23.8 Å². The molecule has 2 rings (SSSR count). The first-order valence-corrected chi connectivity index (χ1v) is 6.59. The van der Waals surface area contributed by atoms with E-state index in [1.165, 1.54) is 0 Å². The number of hydrogen-bond acceptors (Lipinski definition) is 2. The lowest BCUT2D eigenvalue weighted by Crippen LogP contribution is -2.30. The molecule has 2 aromatic carbocycles. The Hall–Kier alpha value is -1.85. The zero-order chi connectivity index (χ0) is 15.6. The van der Waals surface area contributed by atoms with Gasteiger partial charge in [-0.05, 0) is 49.1 Å². The molecule has 0 aliphatic rings. The van der Waals surface area contributed by atoms with Gasteiger partial charge in [-0.2, -0.15) is 0 Å². The molecule has 0 aromatic heterocycles. The largest absolute Gasteiger partial charge is 0.271 e. The van der Waals surface area contributed by atoms with Gasteiger partial charge in [0.25, 0.3) is 0 Å². The summed E-state index contributed by atoms with van der Waals surface area (Å²) in [5, 5.41) is 0. The van der Waals surface area contributed by atoms with Crippen molar-refractivity contribution < 1.29 is 13.2 Å². The Balaban J connectivity index is 2.34. The first kappa shape index (κ1) is 15.5. The Bertz CT molecular complexity index is 633. The van der Waals surface area contributed by atoms with Crippen molar-refractivity contribution in [2.75, 3.05) is 0 Å². The van der Waals surface area contributed by atoms with E-state index in [1.54, 1.807) is 0 Å². The third kappa shape index (κ3) is 3.43. The Kier molecular flexibility index (Phi) is 4.65. The van der Waals surface area contributed by atoms with Crippen molar-refractivity contribution in [3.8, 4) is 0 Å². The second kappa shape index (κ2) is 6.28. The first-order chi connectivity index (χ1) is 9.92. The van der Waals surface area contributed by atoms with E-state index in [2.05, 4.69) is 5.43 Å². The maximum atomic E-state index is 13.3. The molecule has 0 fully saturated rings. The van der Waals surface area contributed by atoms with Crippen molar-refractivity contribution >= 4 is 0 Å². The van der Waals surface area contributed by atoms with Gasteiger partial charge < -0.3 is 0 Å². The molecule has 0 bridgehead atoms. The summed E-state index contributed by atoms with van der Waals surface area (Å²) >= 11 is 0. The highest BCUT2D eigenvalue weighted by molar-refractivity contribution is 5.33. The molecule has 0 aliphatic heterocycles.